The van der Waals surface area contributed by atoms with Crippen LogP contribution in [0.4, 0.5) is 0 Å². The summed E-state index contributed by atoms with van der Waals surface area (Å²) >= 11 is 0. The lowest BCUT2D eigenvalue weighted by Crippen LogP contribution is -2.27. The van der Waals surface area contributed by atoms with Gasteiger partial charge in [-0.2, -0.15) is 0 Å². The summed E-state index contributed by atoms with van der Waals surface area (Å²) in [5.41, 5.74) is 1.21. The summed E-state index contributed by atoms with van der Waals surface area (Å²) in [4.78, 5) is 0. The van der Waals surface area contributed by atoms with Crippen LogP contribution in [0.25, 0.3) is 6.08 Å². The fourth-order valence-electron chi connectivity index (χ4n) is 1.72. The first kappa shape index (κ1) is 12.5. The van der Waals surface area contributed by atoms with Crippen molar-refractivity contribution >= 4 is 25.8 Å². The van der Waals surface area contributed by atoms with Crippen molar-refractivity contribution in [3.8, 4) is 5.75 Å². The summed E-state index contributed by atoms with van der Waals surface area (Å²) in [7, 11) is 1.70. The van der Waals surface area contributed by atoms with Crippen LogP contribution in [0, 0.1) is 0 Å². The fraction of sp³-hybridized carbons (Fsp3) is 0.333. The maximum atomic E-state index is 11.0. The summed E-state index contributed by atoms with van der Waals surface area (Å²) in [5, 5.41) is 0. The minimum absolute atomic E-state index is 0.168. The summed E-state index contributed by atoms with van der Waals surface area (Å²) in [6.45, 7) is 3.92. The van der Waals surface area contributed by atoms with Crippen molar-refractivity contribution in [2.75, 3.05) is 0 Å². The Kier molecular flexibility index (Phi) is 2.96. The van der Waals surface area contributed by atoms with E-state index in [0.717, 1.165) is 11.3 Å². The molecule has 1 heterocycles. The normalized spacial score (nSPS) is 17.4. The van der Waals surface area contributed by atoms with Crippen molar-refractivity contribution in [1.82, 2.24) is 0 Å². The van der Waals surface area contributed by atoms with Crippen molar-refractivity contribution in [2.24, 2.45) is 0 Å². The average molecular weight is 273 g/mol. The van der Waals surface area contributed by atoms with Crippen LogP contribution in [0.3, 0.4) is 0 Å². The number of hydrogen-bond acceptors (Lipinski definition) is 3. The predicted molar refractivity (Wildman–Crippen MR) is 68.7 cm³/mol. The molecule has 0 saturated carbocycles. The summed E-state index contributed by atoms with van der Waals surface area (Å²) in [6, 6.07) is 5.27. The molecule has 0 saturated heterocycles. The third-order valence-electron chi connectivity index (χ3n) is 2.45. The molecule has 0 fully saturated rings. The molecule has 0 amide bonds. The molecule has 2 rings (SSSR count). The van der Waals surface area contributed by atoms with Gasteiger partial charge in [-0.15, -0.1) is 0 Å². The molecule has 0 aliphatic carbocycles. The highest BCUT2D eigenvalue weighted by atomic mass is 35.7. The van der Waals surface area contributed by atoms with E-state index in [2.05, 4.69) is 0 Å². The molecule has 1 aliphatic rings. The number of benzene rings is 1. The molecule has 0 unspecified atom stereocenters. The molecule has 3 nitrogen and oxygen atoms in total. The van der Waals surface area contributed by atoms with Crippen LogP contribution >= 0.6 is 10.7 Å². The molecule has 17 heavy (non-hydrogen) atoms. The molecule has 0 radical (unpaired) electrons. The smallest absolute Gasteiger partial charge is 0.236 e. The van der Waals surface area contributed by atoms with E-state index in [-0.39, 0.29) is 11.4 Å². The minimum Gasteiger partial charge on any atom is -0.483 e. The van der Waals surface area contributed by atoms with E-state index in [4.69, 9.17) is 15.4 Å². The lowest BCUT2D eigenvalue weighted by atomic mass is 10.0. The summed E-state index contributed by atoms with van der Waals surface area (Å²) in [5.74, 6) is 0.590. The fourth-order valence-corrected chi connectivity index (χ4v) is 2.67. The third kappa shape index (κ3) is 3.23. The van der Waals surface area contributed by atoms with Gasteiger partial charge in [-0.05, 0) is 37.6 Å². The Bertz CT molecular complexity index is 573. The quantitative estimate of drug-likeness (QED) is 0.778. The van der Waals surface area contributed by atoms with Gasteiger partial charge in [-0.25, -0.2) is 8.42 Å². The highest BCUT2D eigenvalue weighted by Crippen LogP contribution is 2.31. The number of halogens is 1. The average Bonchev–Trinajstić information content (AvgIpc) is 2.15. The third-order valence-corrected chi connectivity index (χ3v) is 3.46. The number of fused-ring (bicyclic) bond motifs is 1. The SMILES string of the molecule is CC1(C)C=Cc2cc(CS(=O)(=O)Cl)ccc2O1. The van der Waals surface area contributed by atoms with Gasteiger partial charge in [0.05, 0.1) is 5.75 Å². The first-order chi connectivity index (χ1) is 7.75. The Morgan fingerprint density at radius 2 is 2.06 bits per heavy atom. The summed E-state index contributed by atoms with van der Waals surface area (Å²) < 4.78 is 27.7. The largest absolute Gasteiger partial charge is 0.483 e. The Morgan fingerprint density at radius 3 is 2.71 bits per heavy atom. The molecule has 92 valence electrons. The molecule has 0 atom stereocenters. The van der Waals surface area contributed by atoms with Crippen molar-refractivity contribution in [1.29, 1.82) is 0 Å². The monoisotopic (exact) mass is 272 g/mol. The van der Waals surface area contributed by atoms with E-state index < -0.39 is 9.05 Å². The molecule has 1 aromatic rings. The highest BCUT2D eigenvalue weighted by Gasteiger charge is 2.21. The number of hydrogen-bond donors (Lipinski definition) is 0. The van der Waals surface area contributed by atoms with Gasteiger partial charge in [0.2, 0.25) is 9.05 Å². The second-order valence-corrected chi connectivity index (χ2v) is 7.37. The van der Waals surface area contributed by atoms with E-state index in [1.807, 2.05) is 26.0 Å². The van der Waals surface area contributed by atoms with Crippen molar-refractivity contribution in [3.63, 3.8) is 0 Å². The van der Waals surface area contributed by atoms with Crippen LogP contribution in [-0.4, -0.2) is 14.0 Å². The zero-order valence-electron chi connectivity index (χ0n) is 9.60. The molecule has 1 aromatic carbocycles. The van der Waals surface area contributed by atoms with Crippen molar-refractivity contribution < 1.29 is 13.2 Å². The van der Waals surface area contributed by atoms with E-state index in [1.54, 1.807) is 18.2 Å². The van der Waals surface area contributed by atoms with Crippen molar-refractivity contribution in [3.05, 3.63) is 35.4 Å². The zero-order valence-corrected chi connectivity index (χ0v) is 11.2. The van der Waals surface area contributed by atoms with Crippen LogP contribution in [0.5, 0.6) is 5.75 Å². The number of rotatable bonds is 2. The molecule has 0 bridgehead atoms. The van der Waals surface area contributed by atoms with E-state index >= 15 is 0 Å². The Balaban J connectivity index is 2.34. The van der Waals surface area contributed by atoms with Gasteiger partial charge in [0.25, 0.3) is 0 Å². The van der Waals surface area contributed by atoms with Crippen LogP contribution in [0.15, 0.2) is 24.3 Å². The molecule has 5 heteroatoms. The van der Waals surface area contributed by atoms with Gasteiger partial charge in [0.1, 0.15) is 11.4 Å². The van der Waals surface area contributed by atoms with E-state index in [0.29, 0.717) is 5.56 Å². The molecular formula is C12H13ClO3S. The second-order valence-electron chi connectivity index (χ2n) is 4.59. The maximum Gasteiger partial charge on any atom is 0.236 e. The predicted octanol–water partition coefficient (Wildman–Crippen LogP) is 2.94. The number of ether oxygens (including phenoxy) is 1. The van der Waals surface area contributed by atoms with Crippen molar-refractivity contribution in [2.45, 2.75) is 25.2 Å². The second kappa shape index (κ2) is 4.03. The molecule has 0 aromatic heterocycles. The standard InChI is InChI=1S/C12H13ClO3S/c1-12(2)6-5-10-7-9(8-17(13,14)15)3-4-11(10)16-12/h3-7H,8H2,1-2H3. The van der Waals surface area contributed by atoms with Crippen LogP contribution in [0.2, 0.25) is 0 Å². The topological polar surface area (TPSA) is 43.4 Å². The van der Waals surface area contributed by atoms with Crippen LogP contribution in [0.1, 0.15) is 25.0 Å². The van der Waals surface area contributed by atoms with Gasteiger partial charge in [-0.3, -0.25) is 0 Å². The molecule has 1 aliphatic heterocycles. The van der Waals surface area contributed by atoms with Crippen LogP contribution < -0.4 is 4.74 Å². The Labute approximate surface area is 105 Å². The van der Waals surface area contributed by atoms with Crippen LogP contribution in [-0.2, 0) is 14.8 Å². The minimum atomic E-state index is -3.52. The van der Waals surface area contributed by atoms with E-state index in [1.165, 1.54) is 0 Å². The van der Waals surface area contributed by atoms with Gasteiger partial charge in [0.15, 0.2) is 0 Å². The molecular weight excluding hydrogens is 260 g/mol. The van der Waals surface area contributed by atoms with Gasteiger partial charge in [0, 0.05) is 16.2 Å². The van der Waals surface area contributed by atoms with Gasteiger partial charge < -0.3 is 4.74 Å². The first-order valence-corrected chi connectivity index (χ1v) is 7.67. The molecule has 0 spiro atoms. The first-order valence-electron chi connectivity index (χ1n) is 5.19. The van der Waals surface area contributed by atoms with Gasteiger partial charge >= 0.3 is 0 Å². The zero-order chi connectivity index (χ0) is 12.7. The lowest BCUT2D eigenvalue weighted by Gasteiger charge is -2.27. The van der Waals surface area contributed by atoms with Gasteiger partial charge in [-0.1, -0.05) is 12.1 Å². The Morgan fingerprint density at radius 1 is 1.35 bits per heavy atom. The highest BCUT2D eigenvalue weighted by molar-refractivity contribution is 8.13. The maximum absolute atomic E-state index is 11.0. The lowest BCUT2D eigenvalue weighted by molar-refractivity contribution is 0.159. The summed E-state index contributed by atoms with van der Waals surface area (Å²) in [6.07, 6.45) is 3.87. The Hall–Kier alpha value is -1.00. The molecule has 0 N–H and O–H groups in total. The van der Waals surface area contributed by atoms with E-state index in [9.17, 15) is 8.42 Å².